The average Bonchev–Trinajstić information content (AvgIpc) is 3.67. The maximum atomic E-state index is 14.9. The molecule has 57 heavy (non-hydrogen) atoms. The highest BCUT2D eigenvalue weighted by Crippen LogP contribution is 2.40. The van der Waals surface area contributed by atoms with E-state index in [0.717, 1.165) is 69.8 Å². The van der Waals surface area contributed by atoms with Crippen molar-refractivity contribution in [3.63, 3.8) is 0 Å². The van der Waals surface area contributed by atoms with Crippen LogP contribution < -0.4 is 21.3 Å². The van der Waals surface area contributed by atoms with Gasteiger partial charge in [0.2, 0.25) is 23.5 Å². The number of aromatic nitrogens is 2. The maximum Gasteiger partial charge on any atom is 0.290 e. The van der Waals surface area contributed by atoms with Crippen LogP contribution in [-0.4, -0.2) is 80.9 Å². The van der Waals surface area contributed by atoms with E-state index in [-0.39, 0.29) is 35.8 Å². The zero-order chi connectivity index (χ0) is 41.1. The van der Waals surface area contributed by atoms with E-state index in [9.17, 15) is 28.8 Å². The molecule has 5 amide bonds. The molecule has 3 fully saturated rings. The lowest BCUT2D eigenvalue weighted by Crippen LogP contribution is -2.62. The number of amides is 5. The number of hydrogen-bond acceptors (Lipinski definition) is 8. The number of nitrogens with zero attached hydrogens (tertiary/aromatic N) is 3. The molecule has 1 aromatic heterocycles. The summed E-state index contributed by atoms with van der Waals surface area (Å²) in [6.45, 7) is 9.63. The van der Waals surface area contributed by atoms with Crippen LogP contribution in [0.5, 0.6) is 0 Å². The van der Waals surface area contributed by atoms with Crippen molar-refractivity contribution in [3.05, 3.63) is 60.2 Å². The van der Waals surface area contributed by atoms with Gasteiger partial charge in [-0.3, -0.25) is 33.8 Å². The molecule has 4 N–H and O–H groups in total. The van der Waals surface area contributed by atoms with Crippen molar-refractivity contribution in [3.8, 4) is 0 Å². The molecule has 0 radical (unpaired) electrons. The monoisotopic (exact) mass is 785 g/mol. The van der Waals surface area contributed by atoms with Gasteiger partial charge in [-0.05, 0) is 61.3 Å². The van der Waals surface area contributed by atoms with Gasteiger partial charge in [0.1, 0.15) is 23.8 Å². The van der Waals surface area contributed by atoms with Crippen molar-refractivity contribution >= 4 is 35.3 Å². The molecule has 1 saturated heterocycles. The summed E-state index contributed by atoms with van der Waals surface area (Å²) in [4.78, 5) is 93.9. The molecule has 13 nitrogen and oxygen atoms in total. The van der Waals surface area contributed by atoms with Crippen LogP contribution in [0.3, 0.4) is 0 Å². The fourth-order valence-corrected chi connectivity index (χ4v) is 9.06. The molecule has 0 bridgehead atoms. The summed E-state index contributed by atoms with van der Waals surface area (Å²) < 4.78 is 0. The van der Waals surface area contributed by atoms with E-state index >= 15 is 0 Å². The zero-order valence-electron chi connectivity index (χ0n) is 34.4. The SMILES string of the molecule is CCC[C@H](NC(=O)[C@@H]1[C@@H](C2CCCCC2)CCN1C(=O)[C@@H](NC(=O)[C@@H](NC(=O)c1cnccn1)C1CCCCC1)C(C)(C)C)C(=O)C(=O)N[C@@H](C)c1ccccc1. The quantitative estimate of drug-likeness (QED) is 0.178. The van der Waals surface area contributed by atoms with Gasteiger partial charge in [-0.1, -0.05) is 116 Å². The van der Waals surface area contributed by atoms with Gasteiger partial charge in [0.15, 0.2) is 0 Å². The number of hydrogen-bond donors (Lipinski definition) is 4. The molecular weight excluding hydrogens is 723 g/mol. The highest BCUT2D eigenvalue weighted by molar-refractivity contribution is 6.38. The summed E-state index contributed by atoms with van der Waals surface area (Å²) in [5.41, 5.74) is 0.178. The van der Waals surface area contributed by atoms with Gasteiger partial charge < -0.3 is 26.2 Å². The van der Waals surface area contributed by atoms with Crippen LogP contribution in [0.4, 0.5) is 0 Å². The Balaban J connectivity index is 1.38. The number of ketones is 1. The molecule has 3 aliphatic rings. The van der Waals surface area contributed by atoms with Crippen LogP contribution in [0.1, 0.15) is 140 Å². The molecule has 0 unspecified atom stereocenters. The number of likely N-dealkylation sites (tertiary alicyclic amines) is 1. The van der Waals surface area contributed by atoms with E-state index in [1.807, 2.05) is 58.0 Å². The third kappa shape index (κ3) is 11.3. The zero-order valence-corrected chi connectivity index (χ0v) is 34.4. The highest BCUT2D eigenvalue weighted by Gasteiger charge is 2.49. The van der Waals surface area contributed by atoms with Crippen molar-refractivity contribution in [1.29, 1.82) is 0 Å². The first kappa shape index (κ1) is 43.4. The van der Waals surface area contributed by atoms with Gasteiger partial charge in [-0.25, -0.2) is 4.98 Å². The van der Waals surface area contributed by atoms with E-state index in [4.69, 9.17) is 0 Å². The highest BCUT2D eigenvalue weighted by atomic mass is 16.2. The summed E-state index contributed by atoms with van der Waals surface area (Å²) >= 11 is 0. The summed E-state index contributed by atoms with van der Waals surface area (Å²) in [7, 11) is 0. The Kier molecular flexibility index (Phi) is 15.4. The molecule has 2 heterocycles. The second kappa shape index (κ2) is 20.1. The summed E-state index contributed by atoms with van der Waals surface area (Å²) in [6, 6.07) is 5.06. The molecule has 2 aromatic rings. The molecule has 13 heteroatoms. The van der Waals surface area contributed by atoms with E-state index in [0.29, 0.717) is 19.4 Å². The maximum absolute atomic E-state index is 14.9. The standard InChI is InChI=1S/C44H63N7O6/c1-6-16-33(37(52)42(56)47-28(2)29-17-10-7-11-18-29)48-41(55)36-32(30-19-12-8-13-20-30)23-26-51(36)43(57)38(44(3,4)5)50-40(54)35(31-21-14-9-15-22-31)49-39(53)34-27-45-24-25-46-34/h7,10-11,17-18,24-25,27-28,30-33,35-36,38H,6,8-9,12-16,19-23,26H2,1-5H3,(H,47,56)(H,48,55)(H,49,53)(H,50,54)/t28-,32+,33-,35-,36-,38+/m0/s1. The van der Waals surface area contributed by atoms with E-state index in [1.165, 1.54) is 18.6 Å². The normalized spacial score (nSPS) is 21.4. The van der Waals surface area contributed by atoms with Crippen LogP contribution in [-0.2, 0) is 24.0 Å². The lowest BCUT2D eigenvalue weighted by molar-refractivity contribution is -0.146. The molecule has 0 spiro atoms. The Hall–Kier alpha value is -4.68. The number of carbonyl (C=O) groups excluding carboxylic acids is 6. The van der Waals surface area contributed by atoms with Gasteiger partial charge in [-0.15, -0.1) is 0 Å². The minimum atomic E-state index is -1.07. The first-order valence-electron chi connectivity index (χ1n) is 21.2. The van der Waals surface area contributed by atoms with Gasteiger partial charge in [-0.2, -0.15) is 0 Å². The van der Waals surface area contributed by atoms with Crippen LogP contribution in [0.15, 0.2) is 48.9 Å². The largest absolute Gasteiger partial charge is 0.344 e. The molecule has 310 valence electrons. The Morgan fingerprint density at radius 3 is 2.11 bits per heavy atom. The average molecular weight is 786 g/mol. The fraction of sp³-hybridized carbons (Fsp3) is 0.636. The molecule has 1 aromatic carbocycles. The Bertz CT molecular complexity index is 1690. The second-order valence-electron chi connectivity index (χ2n) is 17.4. The smallest absolute Gasteiger partial charge is 0.290 e. The summed E-state index contributed by atoms with van der Waals surface area (Å²) in [5.74, 6) is -3.37. The van der Waals surface area contributed by atoms with Crippen LogP contribution in [0, 0.1) is 23.2 Å². The Morgan fingerprint density at radius 1 is 0.825 bits per heavy atom. The van der Waals surface area contributed by atoms with Gasteiger partial charge >= 0.3 is 0 Å². The first-order chi connectivity index (χ1) is 27.3. The fourth-order valence-electron chi connectivity index (χ4n) is 9.06. The third-order valence-corrected chi connectivity index (χ3v) is 12.2. The van der Waals surface area contributed by atoms with E-state index in [2.05, 4.69) is 31.2 Å². The number of Topliss-reactive ketones (excluding diaryl/α,β-unsaturated/α-hetero) is 1. The van der Waals surface area contributed by atoms with E-state index < -0.39 is 65.0 Å². The van der Waals surface area contributed by atoms with Crippen molar-refractivity contribution < 1.29 is 28.8 Å². The molecule has 5 rings (SSSR count). The number of nitrogens with one attached hydrogen (secondary N) is 4. The van der Waals surface area contributed by atoms with Crippen LogP contribution in [0.2, 0.25) is 0 Å². The third-order valence-electron chi connectivity index (χ3n) is 12.2. The predicted octanol–water partition coefficient (Wildman–Crippen LogP) is 5.22. The Labute approximate surface area is 337 Å². The molecule has 2 saturated carbocycles. The van der Waals surface area contributed by atoms with Crippen molar-refractivity contribution in [2.75, 3.05) is 6.54 Å². The number of rotatable bonds is 15. The second-order valence-corrected chi connectivity index (χ2v) is 17.4. The van der Waals surface area contributed by atoms with Gasteiger partial charge in [0.25, 0.3) is 11.8 Å². The Morgan fingerprint density at radius 2 is 1.49 bits per heavy atom. The molecule has 2 aliphatic carbocycles. The number of carbonyl (C=O) groups is 6. The van der Waals surface area contributed by atoms with Crippen LogP contribution >= 0.6 is 0 Å². The number of benzene rings is 1. The van der Waals surface area contributed by atoms with Crippen molar-refractivity contribution in [1.82, 2.24) is 36.1 Å². The summed E-state index contributed by atoms with van der Waals surface area (Å²) in [6.07, 6.45) is 15.2. The van der Waals surface area contributed by atoms with Crippen LogP contribution in [0.25, 0.3) is 0 Å². The first-order valence-corrected chi connectivity index (χ1v) is 21.2. The topological polar surface area (TPSA) is 180 Å². The van der Waals surface area contributed by atoms with Crippen molar-refractivity contribution in [2.45, 2.75) is 148 Å². The van der Waals surface area contributed by atoms with Gasteiger partial charge in [0, 0.05) is 18.9 Å². The van der Waals surface area contributed by atoms with Gasteiger partial charge in [0.05, 0.1) is 18.3 Å². The minimum Gasteiger partial charge on any atom is -0.344 e. The molecule has 6 atom stereocenters. The molecular formula is C44H63N7O6. The van der Waals surface area contributed by atoms with Crippen molar-refractivity contribution in [2.24, 2.45) is 23.2 Å². The lowest BCUT2D eigenvalue weighted by Gasteiger charge is -2.39. The van der Waals surface area contributed by atoms with E-state index in [1.54, 1.807) is 11.8 Å². The summed E-state index contributed by atoms with van der Waals surface area (Å²) in [5, 5.41) is 11.7. The lowest BCUT2D eigenvalue weighted by atomic mass is 9.76. The predicted molar refractivity (Wildman–Crippen MR) is 216 cm³/mol. The molecule has 1 aliphatic heterocycles. The minimum absolute atomic E-state index is 0.0947.